The average molecular weight is 212 g/mol. The van der Waals surface area contributed by atoms with Gasteiger partial charge in [0, 0.05) is 13.7 Å². The summed E-state index contributed by atoms with van der Waals surface area (Å²) in [5, 5.41) is 10.1. The molecule has 0 aromatic carbocycles. The Morgan fingerprint density at radius 3 is 2.93 bits per heavy atom. The van der Waals surface area contributed by atoms with Crippen LogP contribution in [0.15, 0.2) is 11.6 Å². The minimum atomic E-state index is -0.242. The Labute approximate surface area is 93.3 Å². The van der Waals surface area contributed by atoms with Crippen LogP contribution in [-0.2, 0) is 4.74 Å². The molecular formula is C13H24O2. The molecule has 1 N–H and O–H groups in total. The van der Waals surface area contributed by atoms with Gasteiger partial charge in [-0.1, -0.05) is 19.4 Å². The van der Waals surface area contributed by atoms with E-state index in [4.69, 9.17) is 4.74 Å². The summed E-state index contributed by atoms with van der Waals surface area (Å²) < 4.78 is 5.09. The van der Waals surface area contributed by atoms with Crippen molar-refractivity contribution in [3.8, 4) is 0 Å². The topological polar surface area (TPSA) is 29.5 Å². The molecule has 0 fully saturated rings. The highest BCUT2D eigenvalue weighted by Gasteiger charge is 2.15. The maximum absolute atomic E-state index is 10.1. The number of hydrogen-bond donors (Lipinski definition) is 1. The molecule has 1 rings (SSSR count). The fourth-order valence-corrected chi connectivity index (χ4v) is 2.23. The Hall–Kier alpha value is -0.340. The molecule has 2 atom stereocenters. The van der Waals surface area contributed by atoms with E-state index in [2.05, 4.69) is 13.0 Å². The summed E-state index contributed by atoms with van der Waals surface area (Å²) in [7, 11) is 1.72. The molecule has 1 aliphatic rings. The molecule has 1 aliphatic carbocycles. The van der Waals surface area contributed by atoms with Gasteiger partial charge in [-0.2, -0.15) is 0 Å². The summed E-state index contributed by atoms with van der Waals surface area (Å²) in [6, 6.07) is 0. The molecule has 0 amide bonds. The van der Waals surface area contributed by atoms with Gasteiger partial charge in [0.2, 0.25) is 0 Å². The van der Waals surface area contributed by atoms with Crippen LogP contribution in [-0.4, -0.2) is 24.9 Å². The summed E-state index contributed by atoms with van der Waals surface area (Å²) in [6.07, 6.45) is 8.89. The second-order valence-electron chi connectivity index (χ2n) is 4.69. The minimum Gasteiger partial charge on any atom is -0.389 e. The van der Waals surface area contributed by atoms with Crippen molar-refractivity contribution in [2.24, 2.45) is 5.92 Å². The molecule has 0 saturated heterocycles. The molecule has 0 bridgehead atoms. The SMILES string of the molecule is COCC(C)CC(O)C1=CCCCCC1. The van der Waals surface area contributed by atoms with Crippen LogP contribution in [0.2, 0.25) is 0 Å². The quantitative estimate of drug-likeness (QED) is 0.710. The van der Waals surface area contributed by atoms with Crippen LogP contribution in [0.25, 0.3) is 0 Å². The van der Waals surface area contributed by atoms with E-state index in [0.29, 0.717) is 5.92 Å². The number of methoxy groups -OCH3 is 1. The van der Waals surface area contributed by atoms with Gasteiger partial charge in [0.25, 0.3) is 0 Å². The van der Waals surface area contributed by atoms with E-state index >= 15 is 0 Å². The second kappa shape index (κ2) is 7.02. The van der Waals surface area contributed by atoms with E-state index < -0.39 is 0 Å². The summed E-state index contributed by atoms with van der Waals surface area (Å²) in [6.45, 7) is 2.87. The number of ether oxygens (including phenoxy) is 1. The van der Waals surface area contributed by atoms with E-state index in [1.807, 2.05) is 0 Å². The standard InChI is InChI=1S/C13H24O2/c1-11(10-15-2)9-13(14)12-7-5-3-4-6-8-12/h7,11,13-14H,3-6,8-10H2,1-2H3. The van der Waals surface area contributed by atoms with Gasteiger partial charge in [-0.05, 0) is 43.6 Å². The zero-order chi connectivity index (χ0) is 11.1. The van der Waals surface area contributed by atoms with Crippen LogP contribution in [0.3, 0.4) is 0 Å². The van der Waals surface area contributed by atoms with Crippen molar-refractivity contribution < 1.29 is 9.84 Å². The third kappa shape index (κ3) is 4.80. The fraction of sp³-hybridized carbons (Fsp3) is 0.846. The van der Waals surface area contributed by atoms with E-state index in [-0.39, 0.29) is 6.10 Å². The van der Waals surface area contributed by atoms with Crippen molar-refractivity contribution in [3.05, 3.63) is 11.6 Å². The average Bonchev–Trinajstić information content (AvgIpc) is 2.45. The molecule has 15 heavy (non-hydrogen) atoms. The van der Waals surface area contributed by atoms with Crippen molar-refractivity contribution in [2.45, 2.75) is 51.6 Å². The number of hydrogen-bond acceptors (Lipinski definition) is 2. The van der Waals surface area contributed by atoms with Crippen LogP contribution in [0.1, 0.15) is 45.4 Å². The van der Waals surface area contributed by atoms with E-state index in [1.54, 1.807) is 7.11 Å². The Morgan fingerprint density at radius 2 is 2.20 bits per heavy atom. The third-order valence-corrected chi connectivity index (χ3v) is 3.08. The van der Waals surface area contributed by atoms with Gasteiger partial charge >= 0.3 is 0 Å². The molecule has 0 aromatic heterocycles. The molecule has 2 heteroatoms. The van der Waals surface area contributed by atoms with Gasteiger partial charge in [0.15, 0.2) is 0 Å². The van der Waals surface area contributed by atoms with Gasteiger partial charge in [-0.3, -0.25) is 0 Å². The minimum absolute atomic E-state index is 0.242. The van der Waals surface area contributed by atoms with E-state index in [9.17, 15) is 5.11 Å². The zero-order valence-electron chi connectivity index (χ0n) is 10.0. The Bertz CT molecular complexity index is 199. The normalized spacial score (nSPS) is 21.7. The molecule has 0 aromatic rings. The van der Waals surface area contributed by atoms with Gasteiger partial charge in [0.1, 0.15) is 0 Å². The summed E-state index contributed by atoms with van der Waals surface area (Å²) in [4.78, 5) is 0. The molecule has 0 heterocycles. The predicted molar refractivity (Wildman–Crippen MR) is 62.8 cm³/mol. The number of aliphatic hydroxyl groups excluding tert-OH is 1. The summed E-state index contributed by atoms with van der Waals surface area (Å²) >= 11 is 0. The van der Waals surface area contributed by atoms with Crippen molar-refractivity contribution in [2.75, 3.05) is 13.7 Å². The second-order valence-corrected chi connectivity index (χ2v) is 4.69. The number of aliphatic hydroxyl groups is 1. The summed E-state index contributed by atoms with van der Waals surface area (Å²) in [5.41, 5.74) is 1.26. The Kier molecular flexibility index (Phi) is 5.96. The molecule has 88 valence electrons. The van der Waals surface area contributed by atoms with Gasteiger partial charge in [-0.15, -0.1) is 0 Å². The third-order valence-electron chi connectivity index (χ3n) is 3.08. The largest absolute Gasteiger partial charge is 0.389 e. The molecule has 2 nitrogen and oxygen atoms in total. The molecule has 0 saturated carbocycles. The van der Waals surface area contributed by atoms with E-state index in [1.165, 1.54) is 24.8 Å². The zero-order valence-corrected chi connectivity index (χ0v) is 10.0. The highest BCUT2D eigenvalue weighted by atomic mass is 16.5. The molecular weight excluding hydrogens is 188 g/mol. The molecule has 0 radical (unpaired) electrons. The Morgan fingerprint density at radius 1 is 1.40 bits per heavy atom. The van der Waals surface area contributed by atoms with Gasteiger partial charge in [0.05, 0.1) is 6.10 Å². The van der Waals surface area contributed by atoms with Crippen molar-refractivity contribution in [3.63, 3.8) is 0 Å². The fourth-order valence-electron chi connectivity index (χ4n) is 2.23. The lowest BCUT2D eigenvalue weighted by Gasteiger charge is -2.18. The summed E-state index contributed by atoms with van der Waals surface area (Å²) in [5.74, 6) is 0.439. The monoisotopic (exact) mass is 212 g/mol. The molecule has 0 aliphatic heterocycles. The van der Waals surface area contributed by atoms with Crippen molar-refractivity contribution in [1.82, 2.24) is 0 Å². The lowest BCUT2D eigenvalue weighted by molar-refractivity contribution is 0.116. The van der Waals surface area contributed by atoms with Crippen LogP contribution >= 0.6 is 0 Å². The first-order valence-corrected chi connectivity index (χ1v) is 6.10. The first kappa shape index (κ1) is 12.7. The first-order chi connectivity index (χ1) is 7.24. The van der Waals surface area contributed by atoms with E-state index in [0.717, 1.165) is 25.9 Å². The number of rotatable bonds is 5. The van der Waals surface area contributed by atoms with Crippen LogP contribution in [0.4, 0.5) is 0 Å². The van der Waals surface area contributed by atoms with Crippen LogP contribution in [0.5, 0.6) is 0 Å². The maximum Gasteiger partial charge on any atom is 0.0753 e. The van der Waals surface area contributed by atoms with Gasteiger partial charge in [-0.25, -0.2) is 0 Å². The lowest BCUT2D eigenvalue weighted by Crippen LogP contribution is -2.17. The van der Waals surface area contributed by atoms with Crippen LogP contribution in [0, 0.1) is 5.92 Å². The predicted octanol–water partition coefficient (Wildman–Crippen LogP) is 2.91. The lowest BCUT2D eigenvalue weighted by atomic mass is 9.96. The highest BCUT2D eigenvalue weighted by Crippen LogP contribution is 2.23. The van der Waals surface area contributed by atoms with Crippen LogP contribution < -0.4 is 0 Å². The maximum atomic E-state index is 10.1. The van der Waals surface area contributed by atoms with Gasteiger partial charge < -0.3 is 9.84 Å². The molecule has 2 unspecified atom stereocenters. The van der Waals surface area contributed by atoms with Crippen molar-refractivity contribution >= 4 is 0 Å². The Balaban J connectivity index is 2.37. The molecule has 0 spiro atoms. The van der Waals surface area contributed by atoms with Crippen molar-refractivity contribution in [1.29, 1.82) is 0 Å². The number of allylic oxidation sites excluding steroid dienone is 1. The smallest absolute Gasteiger partial charge is 0.0753 e. The first-order valence-electron chi connectivity index (χ1n) is 6.10. The highest BCUT2D eigenvalue weighted by molar-refractivity contribution is 5.09.